The Bertz CT molecular complexity index is 574. The van der Waals surface area contributed by atoms with Crippen LogP contribution in [-0.2, 0) is 4.79 Å². The number of benzene rings is 3. The van der Waals surface area contributed by atoms with Crippen LogP contribution in [0, 0.1) is 0 Å². The summed E-state index contributed by atoms with van der Waals surface area (Å²) in [6, 6.07) is 21.4. The normalized spacial score (nSPS) is 9.89. The minimum Gasteiger partial charge on any atom is -0.300 e. The second-order valence-corrected chi connectivity index (χ2v) is 4.45. The van der Waals surface area contributed by atoms with Gasteiger partial charge in [0.1, 0.15) is 5.78 Å². The van der Waals surface area contributed by atoms with E-state index in [2.05, 4.69) is 60.7 Å². The lowest BCUT2D eigenvalue weighted by atomic mass is 10.0. The first-order chi connectivity index (χ1) is 8.66. The molecule has 0 heterocycles. The molecule has 0 spiro atoms. The van der Waals surface area contributed by atoms with Crippen LogP contribution in [0.2, 0.25) is 0 Å². The molecule has 18 heavy (non-hydrogen) atoms. The van der Waals surface area contributed by atoms with Gasteiger partial charge in [-0.1, -0.05) is 48.5 Å². The molecule has 0 aliphatic carbocycles. The third kappa shape index (κ3) is 2.95. The molecule has 0 radical (unpaired) electrons. The van der Waals surface area contributed by atoms with E-state index in [0.717, 1.165) is 0 Å². The Morgan fingerprint density at radius 2 is 0.889 bits per heavy atom. The van der Waals surface area contributed by atoms with Crippen molar-refractivity contribution in [3.8, 4) is 0 Å². The molecule has 0 amide bonds. The Morgan fingerprint density at radius 1 is 0.667 bits per heavy atom. The number of hydrogen-bond donors (Lipinski definition) is 0. The van der Waals surface area contributed by atoms with Gasteiger partial charge in [-0.15, -0.1) is 0 Å². The summed E-state index contributed by atoms with van der Waals surface area (Å²) in [6.07, 6.45) is 0. The summed E-state index contributed by atoms with van der Waals surface area (Å²) in [5.41, 5.74) is 0. The lowest BCUT2D eigenvalue weighted by Crippen LogP contribution is -1.74. The van der Waals surface area contributed by atoms with Crippen molar-refractivity contribution in [3.63, 3.8) is 0 Å². The fourth-order valence-electron chi connectivity index (χ4n) is 1.88. The number of carbonyl (C=O) groups is 1. The van der Waals surface area contributed by atoms with Crippen LogP contribution in [0.15, 0.2) is 60.7 Å². The first-order valence-corrected chi connectivity index (χ1v) is 6.01. The number of hydrogen-bond acceptors (Lipinski definition) is 1. The summed E-state index contributed by atoms with van der Waals surface area (Å²) in [7, 11) is 0. The highest BCUT2D eigenvalue weighted by Crippen LogP contribution is 2.21. The van der Waals surface area contributed by atoms with E-state index in [-0.39, 0.29) is 5.78 Å². The van der Waals surface area contributed by atoms with Gasteiger partial charge in [0.25, 0.3) is 0 Å². The third-order valence-electron chi connectivity index (χ3n) is 2.61. The summed E-state index contributed by atoms with van der Waals surface area (Å²) in [5.74, 6) is 0.167. The molecule has 3 aromatic carbocycles. The number of carbonyl (C=O) groups excluding carboxylic acids is 1. The third-order valence-corrected chi connectivity index (χ3v) is 2.61. The first kappa shape index (κ1) is 12.3. The number of rotatable bonds is 0. The summed E-state index contributed by atoms with van der Waals surface area (Å²) in [5, 5.41) is 5.25. The molecule has 1 nitrogen and oxygen atoms in total. The lowest BCUT2D eigenvalue weighted by Gasteiger charge is -2.00. The SMILES string of the molecule is CC(C)=O.c1ccc2cc3ccccc3cc2c1. The van der Waals surface area contributed by atoms with Gasteiger partial charge in [0.2, 0.25) is 0 Å². The maximum Gasteiger partial charge on any atom is 0.126 e. The number of fused-ring (bicyclic) bond motifs is 2. The predicted octanol–water partition coefficient (Wildman–Crippen LogP) is 4.59. The van der Waals surface area contributed by atoms with Gasteiger partial charge in [-0.05, 0) is 47.5 Å². The zero-order chi connectivity index (χ0) is 13.0. The Balaban J connectivity index is 0.000000267. The highest BCUT2D eigenvalue weighted by molar-refractivity contribution is 5.98. The van der Waals surface area contributed by atoms with Crippen LogP contribution in [0.5, 0.6) is 0 Å². The molecule has 0 atom stereocenters. The van der Waals surface area contributed by atoms with Gasteiger partial charge in [-0.3, -0.25) is 0 Å². The predicted molar refractivity (Wildman–Crippen MR) is 77.8 cm³/mol. The van der Waals surface area contributed by atoms with Gasteiger partial charge in [0.05, 0.1) is 0 Å². The van der Waals surface area contributed by atoms with Gasteiger partial charge in [-0.2, -0.15) is 0 Å². The molecule has 0 bridgehead atoms. The fourth-order valence-corrected chi connectivity index (χ4v) is 1.88. The molecule has 3 aromatic rings. The van der Waals surface area contributed by atoms with Gasteiger partial charge in [0.15, 0.2) is 0 Å². The average Bonchev–Trinajstić information content (AvgIpc) is 2.35. The highest BCUT2D eigenvalue weighted by atomic mass is 16.1. The van der Waals surface area contributed by atoms with E-state index in [1.54, 1.807) is 0 Å². The van der Waals surface area contributed by atoms with Crippen molar-refractivity contribution >= 4 is 27.3 Å². The zero-order valence-electron chi connectivity index (χ0n) is 10.7. The smallest absolute Gasteiger partial charge is 0.126 e. The van der Waals surface area contributed by atoms with E-state index in [1.807, 2.05) is 0 Å². The van der Waals surface area contributed by atoms with Crippen LogP contribution in [0.25, 0.3) is 21.5 Å². The molecule has 1 heteroatoms. The van der Waals surface area contributed by atoms with E-state index >= 15 is 0 Å². The van der Waals surface area contributed by atoms with Gasteiger partial charge >= 0.3 is 0 Å². The van der Waals surface area contributed by atoms with Crippen LogP contribution < -0.4 is 0 Å². The minimum atomic E-state index is 0.167. The van der Waals surface area contributed by atoms with E-state index < -0.39 is 0 Å². The van der Waals surface area contributed by atoms with Crippen LogP contribution in [0.4, 0.5) is 0 Å². The van der Waals surface area contributed by atoms with Gasteiger partial charge in [0, 0.05) is 0 Å². The van der Waals surface area contributed by atoms with Crippen molar-refractivity contribution in [2.24, 2.45) is 0 Å². The zero-order valence-corrected chi connectivity index (χ0v) is 10.7. The fraction of sp³-hybridized carbons (Fsp3) is 0.118. The monoisotopic (exact) mass is 236 g/mol. The Morgan fingerprint density at radius 3 is 1.11 bits per heavy atom. The van der Waals surface area contributed by atoms with Crippen molar-refractivity contribution in [1.29, 1.82) is 0 Å². The second kappa shape index (κ2) is 5.46. The molecule has 0 aliphatic rings. The van der Waals surface area contributed by atoms with Crippen molar-refractivity contribution in [1.82, 2.24) is 0 Å². The summed E-state index contributed by atoms with van der Waals surface area (Å²) < 4.78 is 0. The molecular weight excluding hydrogens is 220 g/mol. The molecule has 0 N–H and O–H groups in total. The number of ketones is 1. The Kier molecular flexibility index (Phi) is 3.73. The van der Waals surface area contributed by atoms with E-state index in [0.29, 0.717) is 0 Å². The largest absolute Gasteiger partial charge is 0.300 e. The Labute approximate surface area is 107 Å². The molecule has 0 fully saturated rings. The molecule has 0 aliphatic heterocycles. The highest BCUT2D eigenvalue weighted by Gasteiger charge is 1.95. The first-order valence-electron chi connectivity index (χ1n) is 6.01. The summed E-state index contributed by atoms with van der Waals surface area (Å²) in [4.78, 5) is 9.44. The molecule has 0 saturated heterocycles. The maximum atomic E-state index is 9.44. The summed E-state index contributed by atoms with van der Waals surface area (Å²) in [6.45, 7) is 3.06. The van der Waals surface area contributed by atoms with E-state index in [1.165, 1.54) is 35.4 Å². The average molecular weight is 236 g/mol. The molecule has 3 rings (SSSR count). The topological polar surface area (TPSA) is 17.1 Å². The molecular formula is C17H16O. The van der Waals surface area contributed by atoms with Crippen molar-refractivity contribution in [3.05, 3.63) is 60.7 Å². The van der Waals surface area contributed by atoms with E-state index in [4.69, 9.17) is 0 Å². The van der Waals surface area contributed by atoms with Crippen LogP contribution in [0.1, 0.15) is 13.8 Å². The van der Waals surface area contributed by atoms with Gasteiger partial charge < -0.3 is 4.79 Å². The van der Waals surface area contributed by atoms with Crippen molar-refractivity contribution in [2.75, 3.05) is 0 Å². The Hall–Kier alpha value is -2.15. The standard InChI is InChI=1S/C14H10.C3H6O/c1-2-6-12-10-14-8-4-3-7-13(14)9-11(12)5-1;1-3(2)4/h1-10H;1-2H3. The lowest BCUT2D eigenvalue weighted by molar-refractivity contribution is -0.114. The maximum absolute atomic E-state index is 9.44. The molecule has 90 valence electrons. The van der Waals surface area contributed by atoms with Gasteiger partial charge in [-0.25, -0.2) is 0 Å². The quantitative estimate of drug-likeness (QED) is 0.522. The van der Waals surface area contributed by atoms with Crippen LogP contribution >= 0.6 is 0 Å². The van der Waals surface area contributed by atoms with Crippen molar-refractivity contribution in [2.45, 2.75) is 13.8 Å². The molecule has 0 saturated carbocycles. The number of Topliss-reactive ketones (excluding diaryl/α,β-unsaturated/α-hetero) is 1. The second-order valence-electron chi connectivity index (χ2n) is 4.45. The minimum absolute atomic E-state index is 0.167. The van der Waals surface area contributed by atoms with E-state index in [9.17, 15) is 4.79 Å². The molecule has 0 unspecified atom stereocenters. The molecule has 0 aromatic heterocycles. The van der Waals surface area contributed by atoms with Crippen LogP contribution in [0.3, 0.4) is 0 Å². The van der Waals surface area contributed by atoms with Crippen LogP contribution in [-0.4, -0.2) is 5.78 Å². The van der Waals surface area contributed by atoms with Crippen molar-refractivity contribution < 1.29 is 4.79 Å². The summed E-state index contributed by atoms with van der Waals surface area (Å²) >= 11 is 0.